The van der Waals surface area contributed by atoms with Crippen LogP contribution in [0.2, 0.25) is 0 Å². The maximum Gasteiger partial charge on any atom is 0.00292 e. The summed E-state index contributed by atoms with van der Waals surface area (Å²) in [6.45, 7) is 1.84. The van der Waals surface area contributed by atoms with Crippen LogP contribution in [0.3, 0.4) is 0 Å². The van der Waals surface area contributed by atoms with Gasteiger partial charge in [0.1, 0.15) is 0 Å². The number of rotatable bonds is 6. The van der Waals surface area contributed by atoms with Gasteiger partial charge in [-0.2, -0.15) is 12.6 Å². The largest absolute Gasteiger partial charge is 0.330 e. The highest BCUT2D eigenvalue weighted by Crippen LogP contribution is 2.06. The quantitative estimate of drug-likeness (QED) is 0.396. The molecule has 0 saturated heterocycles. The molecule has 3 N–H and O–H groups in total. The molecule has 1 atom stereocenters. The van der Waals surface area contributed by atoms with Crippen LogP contribution in [0.25, 0.3) is 0 Å². The summed E-state index contributed by atoms with van der Waals surface area (Å²) in [7, 11) is 1.97. The van der Waals surface area contributed by atoms with Crippen LogP contribution in [0, 0.1) is 0 Å². The van der Waals surface area contributed by atoms with E-state index in [0.29, 0.717) is 5.25 Å². The molecule has 0 spiro atoms. The lowest BCUT2D eigenvalue weighted by Gasteiger charge is -2.07. The SMILES string of the molecule is CNCCCC(S)CCN. The lowest BCUT2D eigenvalue weighted by Crippen LogP contribution is -2.12. The zero-order chi connectivity index (χ0) is 7.82. The summed E-state index contributed by atoms with van der Waals surface area (Å²) in [5, 5.41) is 3.60. The molecule has 2 nitrogen and oxygen atoms in total. The first kappa shape index (κ1) is 10.3. The summed E-state index contributed by atoms with van der Waals surface area (Å²) < 4.78 is 0. The van der Waals surface area contributed by atoms with E-state index in [1.54, 1.807) is 0 Å². The highest BCUT2D eigenvalue weighted by molar-refractivity contribution is 7.80. The Hall–Kier alpha value is 0.270. The van der Waals surface area contributed by atoms with Gasteiger partial charge < -0.3 is 11.1 Å². The molecule has 0 aromatic rings. The zero-order valence-corrected chi connectivity index (χ0v) is 7.53. The maximum atomic E-state index is 5.37. The van der Waals surface area contributed by atoms with Crippen LogP contribution in [-0.2, 0) is 0 Å². The van der Waals surface area contributed by atoms with Crippen LogP contribution in [0.4, 0.5) is 0 Å². The third kappa shape index (κ3) is 6.39. The van der Waals surface area contributed by atoms with E-state index in [-0.39, 0.29) is 0 Å². The molecule has 1 unspecified atom stereocenters. The molecule has 3 heteroatoms. The normalized spacial score (nSPS) is 13.5. The minimum absolute atomic E-state index is 0.498. The van der Waals surface area contributed by atoms with Crippen LogP contribution >= 0.6 is 12.6 Å². The van der Waals surface area contributed by atoms with Gasteiger partial charge in [0, 0.05) is 5.25 Å². The van der Waals surface area contributed by atoms with Crippen LogP contribution in [-0.4, -0.2) is 25.4 Å². The number of nitrogens with two attached hydrogens (primary N) is 1. The summed E-state index contributed by atoms with van der Waals surface area (Å²) >= 11 is 4.38. The standard InChI is InChI=1S/C7H18N2S/c1-9-6-2-3-7(10)4-5-8/h7,9-10H,2-6,8H2,1H3. The van der Waals surface area contributed by atoms with Crippen LogP contribution < -0.4 is 11.1 Å². The Balaban J connectivity index is 2.97. The molecule has 0 bridgehead atoms. The Morgan fingerprint density at radius 1 is 1.50 bits per heavy atom. The molecule has 62 valence electrons. The molecular weight excluding hydrogens is 144 g/mol. The van der Waals surface area contributed by atoms with Gasteiger partial charge in [-0.3, -0.25) is 0 Å². The second-order valence-electron chi connectivity index (χ2n) is 2.48. The molecular formula is C7H18N2S. The molecule has 0 aromatic heterocycles. The fraction of sp³-hybridized carbons (Fsp3) is 1.00. The lowest BCUT2D eigenvalue weighted by molar-refractivity contribution is 0.635. The van der Waals surface area contributed by atoms with E-state index in [1.807, 2.05) is 7.05 Å². The summed E-state index contributed by atoms with van der Waals surface area (Å²) in [6, 6.07) is 0. The van der Waals surface area contributed by atoms with E-state index in [9.17, 15) is 0 Å². The van der Waals surface area contributed by atoms with E-state index in [2.05, 4.69) is 17.9 Å². The van der Waals surface area contributed by atoms with Crippen LogP contribution in [0.5, 0.6) is 0 Å². The first-order chi connectivity index (χ1) is 4.81. The van der Waals surface area contributed by atoms with Crippen molar-refractivity contribution in [1.29, 1.82) is 0 Å². The average molecular weight is 162 g/mol. The van der Waals surface area contributed by atoms with Crippen molar-refractivity contribution < 1.29 is 0 Å². The van der Waals surface area contributed by atoms with E-state index >= 15 is 0 Å². The van der Waals surface area contributed by atoms with Gasteiger partial charge in [-0.15, -0.1) is 0 Å². The number of hydrogen-bond acceptors (Lipinski definition) is 3. The van der Waals surface area contributed by atoms with Gasteiger partial charge in [0.2, 0.25) is 0 Å². The molecule has 0 radical (unpaired) electrons. The lowest BCUT2D eigenvalue weighted by atomic mass is 10.2. The van der Waals surface area contributed by atoms with Gasteiger partial charge in [0.15, 0.2) is 0 Å². The smallest absolute Gasteiger partial charge is 0.00292 e. The Kier molecular flexibility index (Phi) is 7.58. The number of nitrogens with one attached hydrogen (secondary N) is 1. The Bertz CT molecular complexity index is 68.6. The Labute approximate surface area is 69.0 Å². The summed E-state index contributed by atoms with van der Waals surface area (Å²) in [4.78, 5) is 0. The Morgan fingerprint density at radius 3 is 2.70 bits per heavy atom. The van der Waals surface area contributed by atoms with Crippen molar-refractivity contribution in [2.75, 3.05) is 20.1 Å². The fourth-order valence-electron chi connectivity index (χ4n) is 0.851. The Morgan fingerprint density at radius 2 is 2.20 bits per heavy atom. The van der Waals surface area contributed by atoms with E-state index in [0.717, 1.165) is 19.5 Å². The van der Waals surface area contributed by atoms with Crippen molar-refractivity contribution in [3.8, 4) is 0 Å². The maximum absolute atomic E-state index is 5.37. The molecule has 0 aromatic carbocycles. The third-order valence-corrected chi connectivity index (χ3v) is 1.98. The molecule has 0 saturated carbocycles. The van der Waals surface area contributed by atoms with E-state index in [4.69, 9.17) is 5.73 Å². The van der Waals surface area contributed by atoms with Gasteiger partial charge in [0.05, 0.1) is 0 Å². The first-order valence-electron chi connectivity index (χ1n) is 3.84. The third-order valence-electron chi connectivity index (χ3n) is 1.46. The van der Waals surface area contributed by atoms with Crippen molar-refractivity contribution in [1.82, 2.24) is 5.32 Å². The predicted octanol–water partition coefficient (Wildman–Crippen LogP) is 0.633. The molecule has 0 rings (SSSR count). The summed E-state index contributed by atoms with van der Waals surface area (Å²) in [6.07, 6.45) is 3.40. The number of thiol groups is 1. The summed E-state index contributed by atoms with van der Waals surface area (Å²) in [5.74, 6) is 0. The van der Waals surface area contributed by atoms with Crippen molar-refractivity contribution in [2.45, 2.75) is 24.5 Å². The molecule has 0 aliphatic rings. The molecule has 0 heterocycles. The second-order valence-corrected chi connectivity index (χ2v) is 3.21. The van der Waals surface area contributed by atoms with Crippen LogP contribution in [0.15, 0.2) is 0 Å². The van der Waals surface area contributed by atoms with Crippen molar-refractivity contribution >= 4 is 12.6 Å². The van der Waals surface area contributed by atoms with Crippen molar-refractivity contribution in [2.24, 2.45) is 5.73 Å². The van der Waals surface area contributed by atoms with Gasteiger partial charge in [-0.1, -0.05) is 0 Å². The summed E-state index contributed by atoms with van der Waals surface area (Å²) in [5.41, 5.74) is 5.37. The topological polar surface area (TPSA) is 38.0 Å². The molecule has 0 aliphatic heterocycles. The molecule has 0 fully saturated rings. The fourth-order valence-corrected chi connectivity index (χ4v) is 1.18. The van der Waals surface area contributed by atoms with Crippen LogP contribution in [0.1, 0.15) is 19.3 Å². The highest BCUT2D eigenvalue weighted by atomic mass is 32.1. The predicted molar refractivity (Wildman–Crippen MR) is 49.6 cm³/mol. The van der Waals surface area contributed by atoms with E-state index in [1.165, 1.54) is 12.8 Å². The molecule has 0 amide bonds. The average Bonchev–Trinajstić information content (AvgIpc) is 1.89. The number of hydrogen-bond donors (Lipinski definition) is 3. The van der Waals surface area contributed by atoms with Crippen molar-refractivity contribution in [3.63, 3.8) is 0 Å². The van der Waals surface area contributed by atoms with Gasteiger partial charge >= 0.3 is 0 Å². The van der Waals surface area contributed by atoms with Gasteiger partial charge in [0.25, 0.3) is 0 Å². The zero-order valence-electron chi connectivity index (χ0n) is 6.64. The van der Waals surface area contributed by atoms with Gasteiger partial charge in [-0.25, -0.2) is 0 Å². The van der Waals surface area contributed by atoms with Gasteiger partial charge in [-0.05, 0) is 39.4 Å². The second kappa shape index (κ2) is 7.38. The van der Waals surface area contributed by atoms with E-state index < -0.39 is 0 Å². The highest BCUT2D eigenvalue weighted by Gasteiger charge is 1.99. The molecule has 10 heavy (non-hydrogen) atoms. The first-order valence-corrected chi connectivity index (χ1v) is 4.35. The minimum atomic E-state index is 0.498. The minimum Gasteiger partial charge on any atom is -0.330 e. The van der Waals surface area contributed by atoms with Crippen molar-refractivity contribution in [3.05, 3.63) is 0 Å². The monoisotopic (exact) mass is 162 g/mol. The molecule has 0 aliphatic carbocycles.